The first kappa shape index (κ1) is 48.1. The molecule has 2 saturated heterocycles. The van der Waals surface area contributed by atoms with Gasteiger partial charge in [0.1, 0.15) is 43.4 Å². The number of nitrogens with one attached hydrogen (secondary N) is 3. The van der Waals surface area contributed by atoms with E-state index in [4.69, 9.17) is 29.4 Å². The highest BCUT2D eigenvalue weighted by molar-refractivity contribution is 5.79. The quantitative estimate of drug-likeness (QED) is 0.0570. The van der Waals surface area contributed by atoms with Gasteiger partial charge in [0.05, 0.1) is 56.1 Å². The minimum Gasteiger partial charge on any atom is -0.479 e. The Labute approximate surface area is 324 Å². The molecule has 25 nitrogen and oxygen atoms in total. The Kier molecular flexibility index (Phi) is 16.6. The van der Waals surface area contributed by atoms with Gasteiger partial charge in [0.25, 0.3) is 11.8 Å². The van der Waals surface area contributed by atoms with Crippen molar-refractivity contribution in [2.24, 2.45) is 11.7 Å². The average Bonchev–Trinajstić information content (AvgIpc) is 3.11. The van der Waals surface area contributed by atoms with Gasteiger partial charge in [-0.05, 0) is 18.9 Å². The van der Waals surface area contributed by atoms with Crippen LogP contribution in [0.5, 0.6) is 0 Å². The summed E-state index contributed by atoms with van der Waals surface area (Å²) in [6.07, 6.45) is -21.5. The Balaban J connectivity index is 2.04. The largest absolute Gasteiger partial charge is 0.479 e. The number of ether oxygens (including phenoxy) is 5. The Morgan fingerprint density at radius 2 is 1.16 bits per heavy atom. The predicted octanol–water partition coefficient (Wildman–Crippen LogP) is -7.78. The molecular formula is C32H54N4O21. The highest BCUT2D eigenvalue weighted by Gasteiger charge is 2.60. The first-order chi connectivity index (χ1) is 26.5. The lowest BCUT2D eigenvalue weighted by molar-refractivity contribution is -0.426. The molecule has 3 amide bonds. The topological polar surface area (TPSA) is 416 Å². The van der Waals surface area contributed by atoms with Gasteiger partial charge in [0.15, 0.2) is 5.60 Å². The van der Waals surface area contributed by atoms with Crippen LogP contribution in [0.25, 0.3) is 0 Å². The maximum atomic E-state index is 13.0. The zero-order valence-corrected chi connectivity index (χ0v) is 31.2. The molecule has 328 valence electrons. The van der Waals surface area contributed by atoms with Gasteiger partial charge in [-0.25, -0.2) is 9.59 Å². The van der Waals surface area contributed by atoms with Crippen LogP contribution in [0.3, 0.4) is 0 Å². The van der Waals surface area contributed by atoms with E-state index in [9.17, 15) is 80.1 Å². The van der Waals surface area contributed by atoms with Crippen molar-refractivity contribution >= 4 is 29.7 Å². The summed E-state index contributed by atoms with van der Waals surface area (Å²) in [5, 5.41) is 125. The molecule has 0 aromatic rings. The molecule has 1 saturated carbocycles. The van der Waals surface area contributed by atoms with Gasteiger partial charge >= 0.3 is 11.9 Å². The average molecular weight is 831 g/mol. The van der Waals surface area contributed by atoms with Crippen molar-refractivity contribution in [3.8, 4) is 0 Å². The molecule has 0 spiro atoms. The minimum atomic E-state index is -3.19. The number of carbonyl (C=O) groups excluding carboxylic acids is 3. The van der Waals surface area contributed by atoms with Crippen molar-refractivity contribution in [3.63, 3.8) is 0 Å². The molecule has 0 aromatic heterocycles. The highest BCUT2D eigenvalue weighted by Crippen LogP contribution is 2.40. The summed E-state index contributed by atoms with van der Waals surface area (Å²) >= 11 is 0. The minimum absolute atomic E-state index is 0.268. The molecule has 3 rings (SSSR count). The van der Waals surface area contributed by atoms with Crippen molar-refractivity contribution < 1.29 is 104 Å². The maximum Gasteiger partial charge on any atom is 0.364 e. The Morgan fingerprint density at radius 3 is 1.60 bits per heavy atom. The Morgan fingerprint density at radius 1 is 0.702 bits per heavy atom. The molecule has 2 aliphatic heterocycles. The standard InChI is InChI=1S/C32H54N4O21/c1-12(40)34-21-15(8-33)4-30(28(48)49,5-16(21)43)54-19(9-37)24(46)26-22(35-13(2)41)17(44)6-31(56-26,29(50)51)55-20(10-38)25(47)27-23(36-14(3)42)18(45)7-32(52,57-27)53-11-39/h15-27,37-39,43-47,52H,4-11,33H2,1-3H3,(H,34,40)(H,35,41)(H,36,42)(H,48,49)(H,50,51). The summed E-state index contributed by atoms with van der Waals surface area (Å²) in [4.78, 5) is 61.7. The zero-order chi connectivity index (χ0) is 43.2. The van der Waals surface area contributed by atoms with Gasteiger partial charge in [0.2, 0.25) is 17.7 Å². The summed E-state index contributed by atoms with van der Waals surface area (Å²) in [7, 11) is 0. The van der Waals surface area contributed by atoms with Crippen LogP contribution < -0.4 is 21.7 Å². The molecule has 16 unspecified atom stereocenters. The molecule has 2 heterocycles. The molecule has 3 aliphatic rings. The number of carboxylic acid groups (broad SMARTS) is 2. The van der Waals surface area contributed by atoms with Crippen LogP contribution in [0.2, 0.25) is 0 Å². The van der Waals surface area contributed by atoms with E-state index in [1.165, 1.54) is 0 Å². The third-order valence-electron chi connectivity index (χ3n) is 10.1. The molecule has 0 bridgehead atoms. The van der Waals surface area contributed by atoms with Gasteiger partial charge in [-0.1, -0.05) is 0 Å². The smallest absolute Gasteiger partial charge is 0.364 e. The van der Waals surface area contributed by atoms with Gasteiger partial charge in [0, 0.05) is 33.6 Å². The van der Waals surface area contributed by atoms with E-state index >= 15 is 0 Å². The van der Waals surface area contributed by atoms with Crippen molar-refractivity contribution in [1.82, 2.24) is 16.0 Å². The van der Waals surface area contributed by atoms with Crippen LogP contribution in [0.15, 0.2) is 0 Å². The molecule has 3 fully saturated rings. The van der Waals surface area contributed by atoms with Crippen molar-refractivity contribution in [2.45, 2.75) is 137 Å². The lowest BCUT2D eigenvalue weighted by Gasteiger charge is -2.50. The normalized spacial score (nSPS) is 37.9. The summed E-state index contributed by atoms with van der Waals surface area (Å²) in [6, 6.07) is -4.35. The fourth-order valence-electron chi connectivity index (χ4n) is 7.56. The number of rotatable bonds is 18. The third kappa shape index (κ3) is 11.1. The Bertz CT molecular complexity index is 1430. The number of aliphatic hydroxyl groups is 9. The highest BCUT2D eigenvalue weighted by atomic mass is 16.8. The lowest BCUT2D eigenvalue weighted by Crippen LogP contribution is -2.70. The van der Waals surface area contributed by atoms with Crippen molar-refractivity contribution in [1.29, 1.82) is 0 Å². The number of hydrogen-bond donors (Lipinski definition) is 15. The van der Waals surface area contributed by atoms with Crippen LogP contribution in [0.1, 0.15) is 46.5 Å². The summed E-state index contributed by atoms with van der Waals surface area (Å²) in [6.45, 7) is -0.790. The fourth-order valence-corrected chi connectivity index (χ4v) is 7.56. The zero-order valence-electron chi connectivity index (χ0n) is 31.2. The summed E-state index contributed by atoms with van der Waals surface area (Å²) in [5.74, 6) is -12.9. The number of hydrogen-bond acceptors (Lipinski definition) is 20. The first-order valence-electron chi connectivity index (χ1n) is 17.8. The molecule has 25 heteroatoms. The van der Waals surface area contributed by atoms with Crippen LogP contribution in [-0.2, 0) is 47.7 Å². The fraction of sp³-hybridized carbons (Fsp3) is 0.844. The number of aliphatic hydroxyl groups excluding tert-OH is 8. The molecule has 16 atom stereocenters. The second-order valence-electron chi connectivity index (χ2n) is 14.4. The van der Waals surface area contributed by atoms with Gasteiger partial charge in [-0.15, -0.1) is 0 Å². The number of carbonyl (C=O) groups is 5. The van der Waals surface area contributed by atoms with Crippen molar-refractivity contribution in [3.05, 3.63) is 0 Å². The molecule has 0 aromatic carbocycles. The SMILES string of the molecule is CC(=O)NC1C(O)CC(OC(CO)C(O)C2OC(OC(CO)C(O)C3OC(O)(OCO)CC(O)C3NC(C)=O)(C(=O)O)CC(O)C2NC(C)=O)(C(=O)O)CC1CN. The van der Waals surface area contributed by atoms with Gasteiger partial charge in [-0.2, -0.15) is 0 Å². The van der Waals surface area contributed by atoms with Crippen LogP contribution in [-0.4, -0.2) is 203 Å². The third-order valence-corrected chi connectivity index (χ3v) is 10.1. The van der Waals surface area contributed by atoms with E-state index in [-0.39, 0.29) is 6.54 Å². The second kappa shape index (κ2) is 19.7. The molecule has 0 radical (unpaired) electrons. The van der Waals surface area contributed by atoms with E-state index < -0.39 is 172 Å². The van der Waals surface area contributed by atoms with E-state index in [0.29, 0.717) is 0 Å². The second-order valence-corrected chi connectivity index (χ2v) is 14.4. The monoisotopic (exact) mass is 830 g/mol. The van der Waals surface area contributed by atoms with E-state index in [1.54, 1.807) is 0 Å². The van der Waals surface area contributed by atoms with E-state index in [1.807, 2.05) is 0 Å². The number of aliphatic carboxylic acids is 2. The van der Waals surface area contributed by atoms with Crippen molar-refractivity contribution in [2.75, 3.05) is 26.6 Å². The summed E-state index contributed by atoms with van der Waals surface area (Å²) < 4.78 is 27.2. The van der Waals surface area contributed by atoms with Gasteiger partial charge < -0.3 is 102 Å². The summed E-state index contributed by atoms with van der Waals surface area (Å²) in [5.41, 5.74) is 3.43. The van der Waals surface area contributed by atoms with E-state index in [0.717, 1.165) is 20.8 Å². The molecular weight excluding hydrogens is 776 g/mol. The lowest BCUT2D eigenvalue weighted by atomic mass is 9.73. The number of carboxylic acids is 2. The van der Waals surface area contributed by atoms with Crippen LogP contribution >= 0.6 is 0 Å². The van der Waals surface area contributed by atoms with Gasteiger partial charge in [-0.3, -0.25) is 14.4 Å². The van der Waals surface area contributed by atoms with Crippen LogP contribution in [0, 0.1) is 5.92 Å². The molecule has 57 heavy (non-hydrogen) atoms. The molecule has 16 N–H and O–H groups in total. The van der Waals surface area contributed by atoms with E-state index in [2.05, 4.69) is 16.0 Å². The Hall–Kier alpha value is -3.25. The van der Waals surface area contributed by atoms with Crippen LogP contribution in [0.4, 0.5) is 0 Å². The first-order valence-corrected chi connectivity index (χ1v) is 17.8. The number of nitrogens with two attached hydrogens (primary N) is 1. The predicted molar refractivity (Wildman–Crippen MR) is 181 cm³/mol. The number of amides is 3. The maximum absolute atomic E-state index is 13.0. The molecule has 1 aliphatic carbocycles.